The van der Waals surface area contributed by atoms with E-state index in [0.717, 1.165) is 12.8 Å². The van der Waals surface area contributed by atoms with Crippen LogP contribution in [0.3, 0.4) is 0 Å². The quantitative estimate of drug-likeness (QED) is 0.875. The predicted octanol–water partition coefficient (Wildman–Crippen LogP) is 2.63. The zero-order valence-corrected chi connectivity index (χ0v) is 12.6. The molecule has 0 bridgehead atoms. The number of carbonyl (C=O) groups is 1. The van der Waals surface area contributed by atoms with Crippen LogP contribution in [-0.4, -0.2) is 41.5 Å². The first-order valence-corrected chi connectivity index (χ1v) is 7.48. The maximum Gasteiger partial charge on any atom is 0.586 e. The van der Waals surface area contributed by atoms with Gasteiger partial charge in [-0.05, 0) is 37.8 Å². The molecule has 0 spiro atoms. The summed E-state index contributed by atoms with van der Waals surface area (Å²) in [5.41, 5.74) is 0.354. The monoisotopic (exact) mass is 328 g/mol. The van der Waals surface area contributed by atoms with Crippen LogP contribution in [0.4, 0.5) is 19.3 Å². The average molecular weight is 328 g/mol. The average Bonchev–Trinajstić information content (AvgIpc) is 2.80. The minimum Gasteiger partial charge on any atom is -0.395 e. The van der Waals surface area contributed by atoms with Gasteiger partial charge in [-0.1, -0.05) is 0 Å². The van der Waals surface area contributed by atoms with Gasteiger partial charge >= 0.3 is 12.3 Å². The van der Waals surface area contributed by atoms with Gasteiger partial charge < -0.3 is 24.8 Å². The number of halogens is 2. The van der Waals surface area contributed by atoms with Gasteiger partial charge in [0.05, 0.1) is 6.10 Å². The number of hydrogen-bond donors (Lipinski definition) is 2. The summed E-state index contributed by atoms with van der Waals surface area (Å²) in [4.78, 5) is 13.8. The van der Waals surface area contributed by atoms with E-state index < -0.39 is 6.29 Å². The van der Waals surface area contributed by atoms with Gasteiger partial charge in [0, 0.05) is 24.8 Å². The lowest BCUT2D eigenvalue weighted by Crippen LogP contribution is -2.42. The molecule has 1 saturated heterocycles. The van der Waals surface area contributed by atoms with Gasteiger partial charge in [-0.15, -0.1) is 8.78 Å². The van der Waals surface area contributed by atoms with Crippen molar-refractivity contribution in [1.29, 1.82) is 0 Å². The second kappa shape index (κ2) is 5.84. The Kier molecular flexibility index (Phi) is 4.01. The van der Waals surface area contributed by atoms with Gasteiger partial charge in [0.25, 0.3) is 0 Å². The predicted molar refractivity (Wildman–Crippen MR) is 77.6 cm³/mol. The third kappa shape index (κ3) is 3.47. The summed E-state index contributed by atoms with van der Waals surface area (Å²) in [6.45, 7) is 2.84. The molecule has 1 atom stereocenters. The molecular weight excluding hydrogens is 310 g/mol. The van der Waals surface area contributed by atoms with Crippen LogP contribution in [0.15, 0.2) is 18.2 Å². The molecular formula is C15H18F2N2O4. The molecule has 6 nitrogen and oxygen atoms in total. The number of amides is 2. The van der Waals surface area contributed by atoms with E-state index in [1.165, 1.54) is 18.2 Å². The molecule has 0 aliphatic carbocycles. The van der Waals surface area contributed by atoms with Crippen molar-refractivity contribution in [3.8, 4) is 11.5 Å². The number of nitrogens with one attached hydrogen (secondary N) is 1. The number of urea groups is 1. The van der Waals surface area contributed by atoms with E-state index in [2.05, 4.69) is 14.8 Å². The Morgan fingerprint density at radius 2 is 2.00 bits per heavy atom. The van der Waals surface area contributed by atoms with E-state index >= 15 is 0 Å². The largest absolute Gasteiger partial charge is 0.586 e. The van der Waals surface area contributed by atoms with Crippen molar-refractivity contribution < 1.29 is 28.2 Å². The maximum absolute atomic E-state index is 13.0. The van der Waals surface area contributed by atoms with Crippen molar-refractivity contribution in [2.45, 2.75) is 32.2 Å². The van der Waals surface area contributed by atoms with Gasteiger partial charge in [0.1, 0.15) is 0 Å². The van der Waals surface area contributed by atoms with Gasteiger partial charge in [0.15, 0.2) is 11.5 Å². The highest BCUT2D eigenvalue weighted by Gasteiger charge is 2.43. The van der Waals surface area contributed by atoms with Crippen LogP contribution < -0.4 is 14.8 Å². The number of piperidine rings is 1. The smallest absolute Gasteiger partial charge is 0.395 e. The van der Waals surface area contributed by atoms with E-state index in [1.54, 1.807) is 11.8 Å². The molecule has 0 aromatic heterocycles. The minimum absolute atomic E-state index is 0.0641. The number of nitrogens with zero attached hydrogens (tertiary/aromatic N) is 1. The van der Waals surface area contributed by atoms with Gasteiger partial charge in [0.2, 0.25) is 0 Å². The Morgan fingerprint density at radius 3 is 2.65 bits per heavy atom. The van der Waals surface area contributed by atoms with Crippen LogP contribution in [0.1, 0.15) is 19.8 Å². The van der Waals surface area contributed by atoms with Crippen LogP contribution in [0.25, 0.3) is 0 Å². The summed E-state index contributed by atoms with van der Waals surface area (Å²) in [6.07, 6.45) is -2.58. The summed E-state index contributed by atoms with van der Waals surface area (Å²) in [7, 11) is 0. The second-order valence-corrected chi connectivity index (χ2v) is 5.82. The number of hydrogen-bond acceptors (Lipinski definition) is 4. The third-order valence-electron chi connectivity index (χ3n) is 4.16. The number of anilines is 1. The Morgan fingerprint density at radius 1 is 1.35 bits per heavy atom. The highest BCUT2D eigenvalue weighted by Crippen LogP contribution is 2.42. The number of carbonyl (C=O) groups excluding carboxylic acids is 1. The summed E-state index contributed by atoms with van der Waals surface area (Å²) < 4.78 is 34.6. The lowest BCUT2D eigenvalue weighted by atomic mass is 9.92. The Labute approximate surface area is 132 Å². The van der Waals surface area contributed by atoms with Crippen molar-refractivity contribution >= 4 is 11.7 Å². The van der Waals surface area contributed by atoms with E-state index in [4.69, 9.17) is 0 Å². The summed E-state index contributed by atoms with van der Waals surface area (Å²) in [5, 5.41) is 12.2. The van der Waals surface area contributed by atoms with Gasteiger partial charge in [-0.3, -0.25) is 0 Å². The lowest BCUT2D eigenvalue weighted by Gasteiger charge is -2.33. The number of ether oxygens (including phenoxy) is 2. The first-order valence-electron chi connectivity index (χ1n) is 7.48. The fourth-order valence-electron chi connectivity index (χ4n) is 2.81. The Balaban J connectivity index is 1.59. The zero-order valence-electron chi connectivity index (χ0n) is 12.6. The van der Waals surface area contributed by atoms with Crippen LogP contribution in [0.2, 0.25) is 0 Å². The normalized spacial score (nSPS) is 21.1. The summed E-state index contributed by atoms with van der Waals surface area (Å²) in [5.74, 6) is 0.0261. The van der Waals surface area contributed by atoms with Crippen molar-refractivity contribution in [2.75, 3.05) is 18.4 Å². The number of benzene rings is 1. The standard InChI is InChI=1S/C15H18F2N2O4/c1-9(20)10-4-6-19(7-5-10)14(21)18-11-2-3-12-13(8-11)23-15(16,17)22-12/h2-3,8-10,20H,4-7H2,1H3,(H,18,21)/t9-/m1/s1. The lowest BCUT2D eigenvalue weighted by molar-refractivity contribution is -0.286. The van der Waals surface area contributed by atoms with Crippen LogP contribution in [0, 0.1) is 5.92 Å². The third-order valence-corrected chi connectivity index (χ3v) is 4.16. The van der Waals surface area contributed by atoms with Crippen molar-refractivity contribution in [3.05, 3.63) is 18.2 Å². The Bertz CT molecular complexity index is 601. The van der Waals surface area contributed by atoms with Crippen LogP contribution >= 0.6 is 0 Å². The van der Waals surface area contributed by atoms with Crippen LogP contribution in [-0.2, 0) is 0 Å². The number of alkyl halides is 2. The van der Waals surface area contributed by atoms with Crippen LogP contribution in [0.5, 0.6) is 11.5 Å². The molecule has 23 heavy (non-hydrogen) atoms. The maximum atomic E-state index is 13.0. The zero-order chi connectivity index (χ0) is 16.6. The number of rotatable bonds is 2. The molecule has 8 heteroatoms. The van der Waals surface area contributed by atoms with E-state index in [-0.39, 0.29) is 29.6 Å². The molecule has 2 aliphatic rings. The highest BCUT2D eigenvalue weighted by molar-refractivity contribution is 5.89. The molecule has 2 N–H and O–H groups in total. The molecule has 1 aromatic rings. The fourth-order valence-corrected chi connectivity index (χ4v) is 2.81. The number of aliphatic hydroxyl groups excluding tert-OH is 1. The van der Waals surface area contributed by atoms with Gasteiger partial charge in [-0.25, -0.2) is 4.79 Å². The molecule has 2 amide bonds. The minimum atomic E-state index is -3.67. The molecule has 2 aliphatic heterocycles. The summed E-state index contributed by atoms with van der Waals surface area (Å²) in [6, 6.07) is 3.80. The SMILES string of the molecule is C[C@@H](O)C1CCN(C(=O)Nc2ccc3c(c2)OC(F)(F)O3)CC1. The topological polar surface area (TPSA) is 71.0 Å². The highest BCUT2D eigenvalue weighted by atomic mass is 19.3. The van der Waals surface area contributed by atoms with Crippen molar-refractivity contribution in [2.24, 2.45) is 5.92 Å². The molecule has 1 fully saturated rings. The molecule has 1 aromatic carbocycles. The van der Waals surface area contributed by atoms with E-state index in [0.29, 0.717) is 18.8 Å². The molecule has 0 unspecified atom stereocenters. The first-order chi connectivity index (χ1) is 10.8. The number of aliphatic hydroxyl groups is 1. The molecule has 0 radical (unpaired) electrons. The van der Waals surface area contributed by atoms with E-state index in [1.807, 2.05) is 0 Å². The van der Waals surface area contributed by atoms with Gasteiger partial charge in [-0.2, -0.15) is 0 Å². The molecule has 2 heterocycles. The van der Waals surface area contributed by atoms with Crippen molar-refractivity contribution in [1.82, 2.24) is 4.90 Å². The molecule has 3 rings (SSSR count). The second-order valence-electron chi connectivity index (χ2n) is 5.82. The molecule has 0 saturated carbocycles. The molecule has 126 valence electrons. The number of likely N-dealkylation sites (tertiary alicyclic amines) is 1. The van der Waals surface area contributed by atoms with Crippen molar-refractivity contribution in [3.63, 3.8) is 0 Å². The summed E-state index contributed by atoms with van der Waals surface area (Å²) >= 11 is 0. The number of fused-ring (bicyclic) bond motifs is 1. The fraction of sp³-hybridized carbons (Fsp3) is 0.533. The van der Waals surface area contributed by atoms with E-state index in [9.17, 15) is 18.7 Å². The Hall–Kier alpha value is -2.09. The first kappa shape index (κ1) is 15.8.